The first-order valence-corrected chi connectivity index (χ1v) is 5.13. The molecule has 0 aromatic carbocycles. The molecule has 1 amide bonds. The Hall–Kier alpha value is -1.14. The summed E-state index contributed by atoms with van der Waals surface area (Å²) >= 11 is 0. The lowest BCUT2D eigenvalue weighted by molar-refractivity contribution is -0.144. The highest BCUT2D eigenvalue weighted by Crippen LogP contribution is 2.19. The van der Waals surface area contributed by atoms with Crippen LogP contribution in [0.15, 0.2) is 0 Å². The van der Waals surface area contributed by atoms with Crippen molar-refractivity contribution in [3.05, 3.63) is 0 Å². The average molecular weight is 231 g/mol. The standard InChI is InChI=1S/C10H17NO5/c1-11(9(12)3-4-15-2)8-6-16-5-7(8)10(13)14/h7-8H,3-6H2,1-2H3,(H,13,14). The number of carboxylic acids is 1. The van der Waals surface area contributed by atoms with Gasteiger partial charge in [0.2, 0.25) is 5.91 Å². The van der Waals surface area contributed by atoms with Crippen molar-refractivity contribution in [1.82, 2.24) is 4.90 Å². The smallest absolute Gasteiger partial charge is 0.311 e. The molecule has 1 saturated heterocycles. The van der Waals surface area contributed by atoms with Gasteiger partial charge in [-0.15, -0.1) is 0 Å². The second-order valence-corrected chi connectivity index (χ2v) is 3.80. The summed E-state index contributed by atoms with van der Waals surface area (Å²) in [6.07, 6.45) is 0.260. The normalized spacial score (nSPS) is 24.4. The highest BCUT2D eigenvalue weighted by Gasteiger charge is 2.38. The summed E-state index contributed by atoms with van der Waals surface area (Å²) < 4.78 is 9.91. The van der Waals surface area contributed by atoms with Crippen LogP contribution in [0.3, 0.4) is 0 Å². The fourth-order valence-corrected chi connectivity index (χ4v) is 1.71. The Labute approximate surface area is 94.1 Å². The number of carboxylic acid groups (broad SMARTS) is 1. The summed E-state index contributed by atoms with van der Waals surface area (Å²) in [5.74, 6) is -1.67. The van der Waals surface area contributed by atoms with Crippen LogP contribution >= 0.6 is 0 Å². The lowest BCUT2D eigenvalue weighted by atomic mass is 10.0. The van der Waals surface area contributed by atoms with Gasteiger partial charge in [-0.25, -0.2) is 0 Å². The number of hydrogen-bond donors (Lipinski definition) is 1. The van der Waals surface area contributed by atoms with E-state index in [1.54, 1.807) is 7.05 Å². The number of methoxy groups -OCH3 is 1. The molecular formula is C10H17NO5. The lowest BCUT2D eigenvalue weighted by Crippen LogP contribution is -2.44. The summed E-state index contributed by atoms with van der Waals surface area (Å²) in [6, 6.07) is -0.373. The zero-order valence-electron chi connectivity index (χ0n) is 9.51. The lowest BCUT2D eigenvalue weighted by Gasteiger charge is -2.26. The van der Waals surface area contributed by atoms with E-state index in [1.165, 1.54) is 12.0 Å². The second kappa shape index (κ2) is 5.81. The predicted octanol–water partition coefficient (Wildman–Crippen LogP) is -0.419. The molecular weight excluding hydrogens is 214 g/mol. The highest BCUT2D eigenvalue weighted by molar-refractivity contribution is 5.78. The van der Waals surface area contributed by atoms with Crippen LogP contribution < -0.4 is 0 Å². The minimum atomic E-state index is -0.922. The summed E-state index contributed by atoms with van der Waals surface area (Å²) in [4.78, 5) is 24.0. The monoisotopic (exact) mass is 231 g/mol. The number of ether oxygens (including phenoxy) is 2. The Morgan fingerprint density at radius 3 is 2.75 bits per heavy atom. The minimum absolute atomic E-state index is 0.122. The molecule has 0 aromatic rings. The predicted molar refractivity (Wildman–Crippen MR) is 55.0 cm³/mol. The molecule has 2 unspecified atom stereocenters. The molecule has 16 heavy (non-hydrogen) atoms. The molecule has 0 saturated carbocycles. The van der Waals surface area contributed by atoms with Gasteiger partial charge in [-0.1, -0.05) is 0 Å². The summed E-state index contributed by atoms with van der Waals surface area (Å²) in [5, 5.41) is 8.95. The van der Waals surface area contributed by atoms with Crippen LogP contribution in [0.2, 0.25) is 0 Å². The van der Waals surface area contributed by atoms with E-state index in [0.717, 1.165) is 0 Å². The number of aliphatic carboxylic acids is 1. The number of carbonyl (C=O) groups is 2. The Bertz CT molecular complexity index is 268. The van der Waals surface area contributed by atoms with E-state index in [9.17, 15) is 9.59 Å². The molecule has 1 aliphatic heterocycles. The van der Waals surface area contributed by atoms with Crippen LogP contribution in [-0.4, -0.2) is 61.9 Å². The molecule has 2 atom stereocenters. The van der Waals surface area contributed by atoms with Gasteiger partial charge in [0.25, 0.3) is 0 Å². The number of nitrogens with zero attached hydrogens (tertiary/aromatic N) is 1. The Morgan fingerprint density at radius 2 is 2.19 bits per heavy atom. The third-order valence-electron chi connectivity index (χ3n) is 2.78. The molecule has 1 N–H and O–H groups in total. The van der Waals surface area contributed by atoms with E-state index in [-0.39, 0.29) is 31.6 Å². The van der Waals surface area contributed by atoms with Crippen molar-refractivity contribution in [3.8, 4) is 0 Å². The van der Waals surface area contributed by atoms with Crippen molar-refractivity contribution in [3.63, 3.8) is 0 Å². The van der Waals surface area contributed by atoms with E-state index in [1.807, 2.05) is 0 Å². The van der Waals surface area contributed by atoms with Gasteiger partial charge in [0.15, 0.2) is 0 Å². The summed E-state index contributed by atoms with van der Waals surface area (Å²) in [5.41, 5.74) is 0. The number of carbonyl (C=O) groups excluding carboxylic acids is 1. The van der Waals surface area contributed by atoms with Crippen molar-refractivity contribution in [2.75, 3.05) is 34.0 Å². The van der Waals surface area contributed by atoms with Gasteiger partial charge in [0.05, 0.1) is 32.3 Å². The molecule has 92 valence electrons. The molecule has 0 radical (unpaired) electrons. The Morgan fingerprint density at radius 1 is 1.50 bits per heavy atom. The number of hydrogen-bond acceptors (Lipinski definition) is 4. The van der Waals surface area contributed by atoms with Gasteiger partial charge in [-0.3, -0.25) is 9.59 Å². The molecule has 1 fully saturated rings. The number of likely N-dealkylation sites (N-methyl/N-ethyl adjacent to an activating group) is 1. The molecule has 0 spiro atoms. The SMILES string of the molecule is COCCC(=O)N(C)C1COCC1C(=O)O. The maximum atomic E-state index is 11.7. The second-order valence-electron chi connectivity index (χ2n) is 3.80. The van der Waals surface area contributed by atoms with E-state index in [2.05, 4.69) is 0 Å². The van der Waals surface area contributed by atoms with Gasteiger partial charge in [-0.05, 0) is 0 Å². The Balaban J connectivity index is 2.55. The van der Waals surface area contributed by atoms with Crippen LogP contribution in [0.25, 0.3) is 0 Å². The molecule has 1 heterocycles. The zero-order chi connectivity index (χ0) is 12.1. The van der Waals surface area contributed by atoms with Crippen molar-refractivity contribution >= 4 is 11.9 Å². The third kappa shape index (κ3) is 2.93. The maximum absolute atomic E-state index is 11.7. The highest BCUT2D eigenvalue weighted by atomic mass is 16.5. The zero-order valence-corrected chi connectivity index (χ0v) is 9.51. The Kier molecular flexibility index (Phi) is 4.70. The van der Waals surface area contributed by atoms with Crippen LogP contribution in [0.4, 0.5) is 0 Å². The fourth-order valence-electron chi connectivity index (χ4n) is 1.71. The molecule has 0 bridgehead atoms. The topological polar surface area (TPSA) is 76.1 Å². The van der Waals surface area contributed by atoms with E-state index in [0.29, 0.717) is 6.61 Å². The molecule has 0 aliphatic carbocycles. The van der Waals surface area contributed by atoms with Crippen LogP contribution in [0.1, 0.15) is 6.42 Å². The molecule has 6 nitrogen and oxygen atoms in total. The first-order chi connectivity index (χ1) is 7.57. The molecule has 1 aliphatic rings. The van der Waals surface area contributed by atoms with Gasteiger partial charge in [0.1, 0.15) is 5.92 Å². The van der Waals surface area contributed by atoms with Crippen molar-refractivity contribution in [2.24, 2.45) is 5.92 Å². The number of rotatable bonds is 5. The van der Waals surface area contributed by atoms with Crippen molar-refractivity contribution in [1.29, 1.82) is 0 Å². The quantitative estimate of drug-likeness (QED) is 0.695. The van der Waals surface area contributed by atoms with E-state index >= 15 is 0 Å². The van der Waals surface area contributed by atoms with Crippen LogP contribution in [0, 0.1) is 5.92 Å². The van der Waals surface area contributed by atoms with Gasteiger partial charge in [0, 0.05) is 14.2 Å². The van der Waals surface area contributed by atoms with E-state index in [4.69, 9.17) is 14.6 Å². The van der Waals surface area contributed by atoms with E-state index < -0.39 is 11.9 Å². The molecule has 6 heteroatoms. The fraction of sp³-hybridized carbons (Fsp3) is 0.800. The van der Waals surface area contributed by atoms with Gasteiger partial charge in [-0.2, -0.15) is 0 Å². The first-order valence-electron chi connectivity index (χ1n) is 5.13. The summed E-state index contributed by atoms with van der Waals surface area (Å²) in [6.45, 7) is 0.794. The molecule has 0 aromatic heterocycles. The van der Waals surface area contributed by atoms with Crippen LogP contribution in [-0.2, 0) is 19.1 Å². The van der Waals surface area contributed by atoms with Crippen molar-refractivity contribution in [2.45, 2.75) is 12.5 Å². The van der Waals surface area contributed by atoms with Crippen molar-refractivity contribution < 1.29 is 24.2 Å². The number of amides is 1. The van der Waals surface area contributed by atoms with Gasteiger partial charge < -0.3 is 19.5 Å². The third-order valence-corrected chi connectivity index (χ3v) is 2.78. The molecule has 1 rings (SSSR count). The van der Waals surface area contributed by atoms with Crippen LogP contribution in [0.5, 0.6) is 0 Å². The van der Waals surface area contributed by atoms with Gasteiger partial charge >= 0.3 is 5.97 Å². The summed E-state index contributed by atoms with van der Waals surface area (Å²) in [7, 11) is 3.12. The maximum Gasteiger partial charge on any atom is 0.311 e. The minimum Gasteiger partial charge on any atom is -0.481 e. The largest absolute Gasteiger partial charge is 0.481 e. The average Bonchev–Trinajstić information content (AvgIpc) is 2.73. The first kappa shape index (κ1) is 12.9.